The summed E-state index contributed by atoms with van der Waals surface area (Å²) in [4.78, 5) is 15.3. The van der Waals surface area contributed by atoms with Gasteiger partial charge in [0.15, 0.2) is 0 Å². The molecule has 1 unspecified atom stereocenters. The van der Waals surface area contributed by atoms with E-state index in [1.165, 1.54) is 6.92 Å². The molecule has 1 heterocycles. The van der Waals surface area contributed by atoms with E-state index in [0.717, 1.165) is 10.9 Å². The summed E-state index contributed by atoms with van der Waals surface area (Å²) in [6.45, 7) is 1.37. The van der Waals surface area contributed by atoms with Gasteiger partial charge in [0.05, 0.1) is 5.52 Å². The van der Waals surface area contributed by atoms with Gasteiger partial charge < -0.3 is 9.84 Å². The highest BCUT2D eigenvalue weighted by Gasteiger charge is 2.11. The number of pyridine rings is 1. The number of rotatable bonds is 2. The average molecular weight is 217 g/mol. The number of aromatic nitrogens is 1. The lowest BCUT2D eigenvalue weighted by atomic mass is 10.2. The number of carbonyl (C=O) groups is 1. The maximum atomic E-state index is 11.2. The van der Waals surface area contributed by atoms with Crippen molar-refractivity contribution in [3.8, 4) is 5.75 Å². The number of aliphatic hydroxyl groups is 1. The Morgan fingerprint density at radius 3 is 3.00 bits per heavy atom. The van der Waals surface area contributed by atoms with Crippen LogP contribution < -0.4 is 4.74 Å². The lowest BCUT2D eigenvalue weighted by Gasteiger charge is -2.06. The Morgan fingerprint density at radius 2 is 2.25 bits per heavy atom. The van der Waals surface area contributed by atoms with Crippen molar-refractivity contribution in [2.75, 3.05) is 0 Å². The average Bonchev–Trinajstić information content (AvgIpc) is 2.28. The summed E-state index contributed by atoms with van der Waals surface area (Å²) in [5.74, 6) is -0.255. The van der Waals surface area contributed by atoms with Crippen molar-refractivity contribution >= 4 is 16.9 Å². The number of esters is 1. The second kappa shape index (κ2) is 4.28. The Kier molecular flexibility index (Phi) is 2.83. The van der Waals surface area contributed by atoms with Crippen molar-refractivity contribution in [3.63, 3.8) is 0 Å². The largest absolute Gasteiger partial charge is 0.425 e. The molecule has 1 atom stereocenters. The maximum absolute atomic E-state index is 11.2. The highest BCUT2D eigenvalue weighted by Crippen LogP contribution is 2.19. The molecule has 0 spiro atoms. The molecule has 16 heavy (non-hydrogen) atoms. The van der Waals surface area contributed by atoms with E-state index in [0.29, 0.717) is 5.75 Å². The van der Waals surface area contributed by atoms with Gasteiger partial charge in [0.2, 0.25) is 0 Å². The molecular formula is C12H11NO3. The Labute approximate surface area is 92.5 Å². The summed E-state index contributed by atoms with van der Waals surface area (Å²) in [6.07, 6.45) is 0.577. The van der Waals surface area contributed by atoms with Gasteiger partial charge in [-0.25, -0.2) is 4.79 Å². The van der Waals surface area contributed by atoms with E-state index in [2.05, 4.69) is 4.98 Å². The van der Waals surface area contributed by atoms with Crippen LogP contribution in [0.25, 0.3) is 10.9 Å². The van der Waals surface area contributed by atoms with E-state index in [-0.39, 0.29) is 0 Å². The van der Waals surface area contributed by atoms with Gasteiger partial charge in [0.25, 0.3) is 0 Å². The normalized spacial score (nSPS) is 12.4. The minimum absolute atomic E-state index is 0.409. The lowest BCUT2D eigenvalue weighted by Crippen LogP contribution is -2.22. The van der Waals surface area contributed by atoms with Crippen molar-refractivity contribution in [3.05, 3.63) is 36.5 Å². The Morgan fingerprint density at radius 1 is 1.44 bits per heavy atom. The Balaban J connectivity index is 2.29. The van der Waals surface area contributed by atoms with Crippen molar-refractivity contribution in [2.24, 2.45) is 0 Å². The number of carbonyl (C=O) groups excluding carboxylic acids is 1. The first kappa shape index (κ1) is 10.6. The Hall–Kier alpha value is -1.94. The fraction of sp³-hybridized carbons (Fsp3) is 0.167. The zero-order chi connectivity index (χ0) is 11.5. The van der Waals surface area contributed by atoms with Crippen LogP contribution in [0.2, 0.25) is 0 Å². The summed E-state index contributed by atoms with van der Waals surface area (Å²) in [7, 11) is 0. The number of hydrogen-bond acceptors (Lipinski definition) is 4. The fourth-order valence-electron chi connectivity index (χ4n) is 1.32. The van der Waals surface area contributed by atoms with Crippen LogP contribution in [0.4, 0.5) is 0 Å². The molecule has 1 aromatic heterocycles. The van der Waals surface area contributed by atoms with Crippen molar-refractivity contribution in [1.29, 1.82) is 0 Å². The lowest BCUT2D eigenvalue weighted by molar-refractivity contribution is -0.142. The molecule has 2 rings (SSSR count). The van der Waals surface area contributed by atoms with Gasteiger partial charge in [-0.15, -0.1) is 0 Å². The number of ether oxygens (including phenoxy) is 1. The van der Waals surface area contributed by atoms with Gasteiger partial charge in [-0.05, 0) is 31.2 Å². The predicted molar refractivity (Wildman–Crippen MR) is 59.1 cm³/mol. The van der Waals surface area contributed by atoms with Gasteiger partial charge in [-0.3, -0.25) is 4.98 Å². The summed E-state index contributed by atoms with van der Waals surface area (Å²) >= 11 is 0. The van der Waals surface area contributed by atoms with Crippen molar-refractivity contribution < 1.29 is 14.6 Å². The molecule has 4 heteroatoms. The first-order chi connectivity index (χ1) is 7.66. The summed E-state index contributed by atoms with van der Waals surface area (Å²) in [5, 5.41) is 9.90. The second-order valence-corrected chi connectivity index (χ2v) is 3.45. The molecule has 4 nitrogen and oxygen atoms in total. The molecule has 1 aromatic carbocycles. The van der Waals surface area contributed by atoms with Crippen LogP contribution >= 0.6 is 0 Å². The molecule has 0 aliphatic carbocycles. The molecule has 0 amide bonds. The van der Waals surface area contributed by atoms with Gasteiger partial charge >= 0.3 is 5.97 Å². The number of fused-ring (bicyclic) bond motifs is 1. The molecule has 0 aliphatic rings. The highest BCUT2D eigenvalue weighted by atomic mass is 16.5. The summed E-state index contributed by atoms with van der Waals surface area (Å²) < 4.78 is 4.97. The standard InChI is InChI=1S/C12H11NO3/c1-8(14)12(15)16-10-4-5-11-9(7-10)3-2-6-13-11/h2-8,14H,1H3. The highest BCUT2D eigenvalue weighted by molar-refractivity contribution is 5.82. The molecule has 0 fully saturated rings. The van der Waals surface area contributed by atoms with Gasteiger partial charge in [0, 0.05) is 11.6 Å². The molecule has 0 aliphatic heterocycles. The molecule has 2 aromatic rings. The van der Waals surface area contributed by atoms with Crippen molar-refractivity contribution in [2.45, 2.75) is 13.0 Å². The van der Waals surface area contributed by atoms with Crippen LogP contribution in [0, 0.1) is 0 Å². The third-order valence-electron chi connectivity index (χ3n) is 2.13. The SMILES string of the molecule is CC(O)C(=O)Oc1ccc2ncccc2c1. The van der Waals surface area contributed by atoms with Crippen LogP contribution in [0.3, 0.4) is 0 Å². The molecule has 0 bridgehead atoms. The van der Waals surface area contributed by atoms with E-state index in [9.17, 15) is 4.79 Å². The maximum Gasteiger partial charge on any atom is 0.340 e. The first-order valence-electron chi connectivity index (χ1n) is 4.91. The smallest absolute Gasteiger partial charge is 0.340 e. The van der Waals surface area contributed by atoms with Crippen LogP contribution in [-0.4, -0.2) is 22.2 Å². The minimum atomic E-state index is -1.12. The summed E-state index contributed by atoms with van der Waals surface area (Å²) in [5.41, 5.74) is 0.833. The third-order valence-corrected chi connectivity index (χ3v) is 2.13. The van der Waals surface area contributed by atoms with E-state index in [1.807, 2.05) is 12.1 Å². The zero-order valence-electron chi connectivity index (χ0n) is 8.75. The molecular weight excluding hydrogens is 206 g/mol. The van der Waals surface area contributed by atoms with Gasteiger partial charge in [-0.2, -0.15) is 0 Å². The third kappa shape index (κ3) is 2.17. The van der Waals surface area contributed by atoms with Gasteiger partial charge in [0.1, 0.15) is 11.9 Å². The molecule has 0 radical (unpaired) electrons. The number of hydrogen-bond donors (Lipinski definition) is 1. The van der Waals surface area contributed by atoms with Crippen LogP contribution in [0.15, 0.2) is 36.5 Å². The summed E-state index contributed by atoms with van der Waals surface area (Å²) in [6, 6.07) is 8.81. The van der Waals surface area contributed by atoms with Crippen LogP contribution in [0.5, 0.6) is 5.75 Å². The van der Waals surface area contributed by atoms with E-state index < -0.39 is 12.1 Å². The number of nitrogens with zero attached hydrogens (tertiary/aromatic N) is 1. The Bertz CT molecular complexity index is 522. The fourth-order valence-corrected chi connectivity index (χ4v) is 1.32. The minimum Gasteiger partial charge on any atom is -0.425 e. The number of aliphatic hydroxyl groups excluding tert-OH is 1. The quantitative estimate of drug-likeness (QED) is 0.612. The van der Waals surface area contributed by atoms with E-state index >= 15 is 0 Å². The number of benzene rings is 1. The van der Waals surface area contributed by atoms with Crippen LogP contribution in [-0.2, 0) is 4.79 Å². The van der Waals surface area contributed by atoms with Gasteiger partial charge in [-0.1, -0.05) is 6.07 Å². The van der Waals surface area contributed by atoms with E-state index in [4.69, 9.17) is 9.84 Å². The monoisotopic (exact) mass is 217 g/mol. The topological polar surface area (TPSA) is 59.4 Å². The molecule has 82 valence electrons. The van der Waals surface area contributed by atoms with E-state index in [1.54, 1.807) is 24.4 Å². The second-order valence-electron chi connectivity index (χ2n) is 3.45. The van der Waals surface area contributed by atoms with Crippen LogP contribution in [0.1, 0.15) is 6.92 Å². The zero-order valence-corrected chi connectivity index (χ0v) is 8.75. The molecule has 0 saturated carbocycles. The molecule has 1 N–H and O–H groups in total. The first-order valence-corrected chi connectivity index (χ1v) is 4.91. The molecule has 0 saturated heterocycles. The predicted octanol–water partition coefficient (Wildman–Crippen LogP) is 1.52. The van der Waals surface area contributed by atoms with Crippen molar-refractivity contribution in [1.82, 2.24) is 4.98 Å².